The lowest BCUT2D eigenvalue weighted by Gasteiger charge is -2.21. The smallest absolute Gasteiger partial charge is 0.124 e. The maximum atomic E-state index is 6.51. The molecule has 2 rings (SSSR count). The van der Waals surface area contributed by atoms with Gasteiger partial charge in [-0.2, -0.15) is 0 Å². The van der Waals surface area contributed by atoms with Crippen molar-refractivity contribution in [1.29, 1.82) is 0 Å². The molecule has 2 N–H and O–H groups in total. The predicted molar refractivity (Wildman–Crippen MR) is 87.4 cm³/mol. The van der Waals surface area contributed by atoms with Crippen molar-refractivity contribution in [3.05, 3.63) is 62.6 Å². The Morgan fingerprint density at radius 2 is 1.85 bits per heavy atom. The summed E-state index contributed by atoms with van der Waals surface area (Å²) in [6.45, 7) is 6.22. The number of hydrogen-bond acceptors (Lipinski definition) is 2. The standard InChI is InChI=1S/C17H20BrNO/c1-10-8-11(2)16(15(9-10)20-4)17(19)13-6-5-7-14(18)12(13)3/h5-9,17H,19H2,1-4H3. The van der Waals surface area contributed by atoms with Crippen LogP contribution in [0.15, 0.2) is 34.8 Å². The minimum absolute atomic E-state index is 0.192. The summed E-state index contributed by atoms with van der Waals surface area (Å²) in [5.74, 6) is 0.856. The molecule has 0 saturated carbocycles. The number of methoxy groups -OCH3 is 1. The van der Waals surface area contributed by atoms with Gasteiger partial charge in [0.2, 0.25) is 0 Å². The van der Waals surface area contributed by atoms with Gasteiger partial charge in [-0.1, -0.05) is 34.1 Å². The molecular weight excluding hydrogens is 314 g/mol. The first kappa shape index (κ1) is 15.1. The molecule has 106 valence electrons. The van der Waals surface area contributed by atoms with Crippen LogP contribution in [0.4, 0.5) is 0 Å². The van der Waals surface area contributed by atoms with E-state index in [1.165, 1.54) is 11.1 Å². The molecule has 0 spiro atoms. The molecule has 2 nitrogen and oxygen atoms in total. The van der Waals surface area contributed by atoms with E-state index in [4.69, 9.17) is 10.5 Å². The predicted octanol–water partition coefficient (Wildman–Crippen LogP) is 4.43. The first-order valence-corrected chi connectivity index (χ1v) is 7.40. The Balaban J connectivity index is 2.59. The highest BCUT2D eigenvalue weighted by Crippen LogP contribution is 2.35. The molecule has 0 amide bonds. The zero-order chi connectivity index (χ0) is 14.9. The van der Waals surface area contributed by atoms with Crippen molar-refractivity contribution in [1.82, 2.24) is 0 Å². The molecule has 0 saturated heterocycles. The molecule has 2 aromatic carbocycles. The van der Waals surface area contributed by atoms with Crippen LogP contribution < -0.4 is 10.5 Å². The third kappa shape index (κ3) is 2.74. The summed E-state index contributed by atoms with van der Waals surface area (Å²) >= 11 is 3.57. The second-order valence-electron chi connectivity index (χ2n) is 5.13. The van der Waals surface area contributed by atoms with Gasteiger partial charge in [0, 0.05) is 10.0 Å². The van der Waals surface area contributed by atoms with Gasteiger partial charge in [0.05, 0.1) is 13.2 Å². The highest BCUT2D eigenvalue weighted by atomic mass is 79.9. The molecule has 0 radical (unpaired) electrons. The minimum atomic E-state index is -0.192. The number of aryl methyl sites for hydroxylation is 2. The Kier molecular flexibility index (Phi) is 4.51. The van der Waals surface area contributed by atoms with Gasteiger partial charge in [0.15, 0.2) is 0 Å². The summed E-state index contributed by atoms with van der Waals surface area (Å²) in [6, 6.07) is 10.1. The van der Waals surface area contributed by atoms with Crippen LogP contribution >= 0.6 is 15.9 Å². The van der Waals surface area contributed by atoms with Gasteiger partial charge in [-0.15, -0.1) is 0 Å². The van der Waals surface area contributed by atoms with Crippen LogP contribution in [0.5, 0.6) is 5.75 Å². The van der Waals surface area contributed by atoms with E-state index in [-0.39, 0.29) is 6.04 Å². The van der Waals surface area contributed by atoms with Crippen molar-refractivity contribution in [3.8, 4) is 5.75 Å². The number of halogens is 1. The molecule has 0 bridgehead atoms. The highest BCUT2D eigenvalue weighted by Gasteiger charge is 2.19. The average Bonchev–Trinajstić information content (AvgIpc) is 2.40. The zero-order valence-corrected chi connectivity index (χ0v) is 13.9. The van der Waals surface area contributed by atoms with Crippen LogP contribution in [-0.2, 0) is 0 Å². The molecule has 0 aliphatic heterocycles. The first-order chi connectivity index (χ1) is 9.45. The van der Waals surface area contributed by atoms with E-state index < -0.39 is 0 Å². The van der Waals surface area contributed by atoms with E-state index >= 15 is 0 Å². The number of nitrogens with two attached hydrogens (primary N) is 1. The third-order valence-electron chi connectivity index (χ3n) is 3.67. The van der Waals surface area contributed by atoms with Gasteiger partial charge in [0.1, 0.15) is 5.75 Å². The molecule has 2 aromatic rings. The van der Waals surface area contributed by atoms with E-state index in [9.17, 15) is 0 Å². The Morgan fingerprint density at radius 3 is 2.50 bits per heavy atom. The molecule has 0 aromatic heterocycles. The van der Waals surface area contributed by atoms with Crippen LogP contribution in [-0.4, -0.2) is 7.11 Å². The minimum Gasteiger partial charge on any atom is -0.496 e. The lowest BCUT2D eigenvalue weighted by atomic mass is 9.91. The number of hydrogen-bond donors (Lipinski definition) is 1. The van der Waals surface area contributed by atoms with E-state index in [0.29, 0.717) is 0 Å². The van der Waals surface area contributed by atoms with Gasteiger partial charge in [-0.3, -0.25) is 0 Å². The molecule has 0 heterocycles. The van der Waals surface area contributed by atoms with E-state index in [1.54, 1.807) is 7.11 Å². The van der Waals surface area contributed by atoms with Crippen molar-refractivity contribution in [2.45, 2.75) is 26.8 Å². The van der Waals surface area contributed by atoms with Gasteiger partial charge in [0.25, 0.3) is 0 Å². The maximum absolute atomic E-state index is 6.51. The summed E-state index contributed by atoms with van der Waals surface area (Å²) in [4.78, 5) is 0. The molecule has 1 unspecified atom stereocenters. The summed E-state index contributed by atoms with van der Waals surface area (Å²) in [5, 5.41) is 0. The summed E-state index contributed by atoms with van der Waals surface area (Å²) in [7, 11) is 1.69. The maximum Gasteiger partial charge on any atom is 0.124 e. The van der Waals surface area contributed by atoms with Crippen molar-refractivity contribution in [2.75, 3.05) is 7.11 Å². The quantitative estimate of drug-likeness (QED) is 0.901. The van der Waals surface area contributed by atoms with Crippen molar-refractivity contribution in [2.24, 2.45) is 5.73 Å². The normalized spacial score (nSPS) is 12.3. The fourth-order valence-corrected chi connectivity index (χ4v) is 3.01. The first-order valence-electron chi connectivity index (χ1n) is 6.61. The molecule has 0 aliphatic rings. The van der Waals surface area contributed by atoms with Crippen molar-refractivity contribution < 1.29 is 4.74 Å². The van der Waals surface area contributed by atoms with Gasteiger partial charge < -0.3 is 10.5 Å². The summed E-state index contributed by atoms with van der Waals surface area (Å²) < 4.78 is 6.61. The van der Waals surface area contributed by atoms with E-state index in [0.717, 1.165) is 26.9 Å². The Labute approximate surface area is 129 Å². The summed E-state index contributed by atoms with van der Waals surface area (Å²) in [5.41, 5.74) is 12.2. The van der Waals surface area contributed by atoms with Crippen molar-refractivity contribution in [3.63, 3.8) is 0 Å². The number of rotatable bonds is 3. The van der Waals surface area contributed by atoms with Crippen LogP contribution in [0, 0.1) is 20.8 Å². The third-order valence-corrected chi connectivity index (χ3v) is 4.53. The van der Waals surface area contributed by atoms with Crippen LogP contribution in [0.2, 0.25) is 0 Å². The summed E-state index contributed by atoms with van der Waals surface area (Å²) in [6.07, 6.45) is 0. The molecular formula is C17H20BrNO. The van der Waals surface area contributed by atoms with Crippen LogP contribution in [0.1, 0.15) is 33.9 Å². The Morgan fingerprint density at radius 1 is 1.15 bits per heavy atom. The van der Waals surface area contributed by atoms with Gasteiger partial charge in [-0.05, 0) is 55.2 Å². The zero-order valence-electron chi connectivity index (χ0n) is 12.3. The topological polar surface area (TPSA) is 35.2 Å². The second-order valence-corrected chi connectivity index (χ2v) is 5.98. The largest absolute Gasteiger partial charge is 0.496 e. The van der Waals surface area contributed by atoms with Gasteiger partial charge in [-0.25, -0.2) is 0 Å². The second kappa shape index (κ2) is 5.98. The average molecular weight is 334 g/mol. The fraction of sp³-hybridized carbons (Fsp3) is 0.294. The van der Waals surface area contributed by atoms with E-state index in [1.807, 2.05) is 18.2 Å². The molecule has 3 heteroatoms. The molecule has 20 heavy (non-hydrogen) atoms. The van der Waals surface area contributed by atoms with Crippen molar-refractivity contribution >= 4 is 15.9 Å². The number of ether oxygens (including phenoxy) is 1. The van der Waals surface area contributed by atoms with E-state index in [2.05, 4.69) is 48.8 Å². The Bertz CT molecular complexity index is 637. The monoisotopic (exact) mass is 333 g/mol. The lowest BCUT2D eigenvalue weighted by Crippen LogP contribution is -2.16. The lowest BCUT2D eigenvalue weighted by molar-refractivity contribution is 0.407. The molecule has 1 atom stereocenters. The van der Waals surface area contributed by atoms with Crippen LogP contribution in [0.25, 0.3) is 0 Å². The Hall–Kier alpha value is -1.32. The fourth-order valence-electron chi connectivity index (χ4n) is 2.62. The number of benzene rings is 2. The van der Waals surface area contributed by atoms with Crippen LogP contribution in [0.3, 0.4) is 0 Å². The SMILES string of the molecule is COc1cc(C)cc(C)c1C(N)c1cccc(Br)c1C. The highest BCUT2D eigenvalue weighted by molar-refractivity contribution is 9.10. The molecule has 0 fully saturated rings. The molecule has 0 aliphatic carbocycles. The van der Waals surface area contributed by atoms with Gasteiger partial charge >= 0.3 is 0 Å².